The molecule has 1 aromatic heterocycles. The van der Waals surface area contributed by atoms with Crippen LogP contribution in [0.25, 0.3) is 0 Å². The molecular formula is C22H25Cl2N3O3S. The first-order valence-electron chi connectivity index (χ1n) is 10.5. The molecule has 3 heterocycles. The number of nitrogens with one attached hydrogen (secondary N) is 3. The Morgan fingerprint density at radius 3 is 2.45 bits per heavy atom. The Hall–Kier alpha value is -1.64. The zero-order valence-corrected chi connectivity index (χ0v) is 19.3. The molecule has 2 atom stereocenters. The number of fused-ring (bicyclic) bond motifs is 1. The van der Waals surface area contributed by atoms with Crippen LogP contribution in [-0.4, -0.2) is 31.0 Å². The second kappa shape index (κ2) is 10.3. The van der Waals surface area contributed by atoms with E-state index < -0.39 is 0 Å². The van der Waals surface area contributed by atoms with Gasteiger partial charge < -0.3 is 15.5 Å². The average Bonchev–Trinajstić information content (AvgIpc) is 3.49. The van der Waals surface area contributed by atoms with Crippen LogP contribution in [0.15, 0.2) is 24.3 Å². The number of hydrogen-bond acceptors (Lipinski definition) is 5. The van der Waals surface area contributed by atoms with Crippen LogP contribution < -0.4 is 16.1 Å². The van der Waals surface area contributed by atoms with Crippen molar-refractivity contribution in [3.05, 3.63) is 55.2 Å². The Bertz CT molecular complexity index is 942. The van der Waals surface area contributed by atoms with E-state index in [9.17, 15) is 9.59 Å². The van der Waals surface area contributed by atoms with Gasteiger partial charge in [0, 0.05) is 21.5 Å². The van der Waals surface area contributed by atoms with Crippen LogP contribution in [-0.2, 0) is 22.5 Å². The van der Waals surface area contributed by atoms with Gasteiger partial charge in [-0.15, -0.1) is 11.3 Å². The third-order valence-electron chi connectivity index (χ3n) is 5.65. The summed E-state index contributed by atoms with van der Waals surface area (Å²) in [5.74, 6) is -0.171. The van der Waals surface area contributed by atoms with Crippen molar-refractivity contribution < 1.29 is 14.4 Å². The molecule has 6 nitrogen and oxygen atoms in total. The van der Waals surface area contributed by atoms with Crippen molar-refractivity contribution in [3.8, 4) is 0 Å². The summed E-state index contributed by atoms with van der Waals surface area (Å²) < 4.78 is 0. The van der Waals surface area contributed by atoms with Crippen LogP contribution in [0.1, 0.15) is 57.4 Å². The van der Waals surface area contributed by atoms with Crippen molar-refractivity contribution in [2.45, 2.75) is 50.6 Å². The summed E-state index contributed by atoms with van der Waals surface area (Å²) in [6.45, 7) is 1.35. The molecule has 0 bridgehead atoms. The van der Waals surface area contributed by atoms with Crippen molar-refractivity contribution in [1.82, 2.24) is 16.1 Å². The van der Waals surface area contributed by atoms with Gasteiger partial charge in [-0.05, 0) is 67.9 Å². The molecule has 3 N–H and O–H groups in total. The molecule has 1 aliphatic carbocycles. The van der Waals surface area contributed by atoms with Crippen LogP contribution in [0.2, 0.25) is 10.0 Å². The minimum atomic E-state index is -0.389. The van der Waals surface area contributed by atoms with Crippen LogP contribution in [0.5, 0.6) is 0 Å². The third kappa shape index (κ3) is 5.41. The molecule has 2 saturated heterocycles. The van der Waals surface area contributed by atoms with Crippen molar-refractivity contribution in [2.24, 2.45) is 0 Å². The van der Waals surface area contributed by atoms with E-state index in [1.54, 1.807) is 29.5 Å². The molecule has 0 radical (unpaired) electrons. The molecular weight excluding hydrogens is 457 g/mol. The molecule has 2 amide bonds. The van der Waals surface area contributed by atoms with Gasteiger partial charge in [-0.2, -0.15) is 5.48 Å². The monoisotopic (exact) mass is 481 g/mol. The van der Waals surface area contributed by atoms with E-state index in [1.165, 1.54) is 22.4 Å². The maximum absolute atomic E-state index is 12.7. The van der Waals surface area contributed by atoms with E-state index in [0.29, 0.717) is 29.6 Å². The van der Waals surface area contributed by atoms with Gasteiger partial charge in [-0.25, -0.2) is 0 Å². The highest BCUT2D eigenvalue weighted by molar-refractivity contribution is 7.14. The summed E-state index contributed by atoms with van der Waals surface area (Å²) in [7, 11) is 0. The summed E-state index contributed by atoms with van der Waals surface area (Å²) in [6.07, 6.45) is 5.91. The van der Waals surface area contributed by atoms with E-state index in [2.05, 4.69) is 16.1 Å². The van der Waals surface area contributed by atoms with E-state index in [4.69, 9.17) is 28.0 Å². The number of carbonyl (C=O) groups excluding carboxylic acids is 2. The smallest absolute Gasteiger partial charge is 0.262 e. The lowest BCUT2D eigenvalue weighted by Gasteiger charge is -2.16. The lowest BCUT2D eigenvalue weighted by atomic mass is 9.90. The maximum atomic E-state index is 12.7. The van der Waals surface area contributed by atoms with Gasteiger partial charge in [0.15, 0.2) is 0 Å². The highest BCUT2D eigenvalue weighted by Gasteiger charge is 2.32. The van der Waals surface area contributed by atoms with E-state index in [1.807, 2.05) is 6.07 Å². The number of benzene rings is 1. The lowest BCUT2D eigenvalue weighted by molar-refractivity contribution is -0.120. The predicted octanol–water partition coefficient (Wildman–Crippen LogP) is 4.20. The predicted molar refractivity (Wildman–Crippen MR) is 123 cm³/mol. The topological polar surface area (TPSA) is 79.5 Å². The molecule has 166 valence electrons. The number of carbonyl (C=O) groups is 2. The molecule has 31 heavy (non-hydrogen) atoms. The quantitative estimate of drug-likeness (QED) is 0.613. The maximum Gasteiger partial charge on any atom is 0.262 e. The van der Waals surface area contributed by atoms with Crippen LogP contribution in [0.4, 0.5) is 0 Å². The molecule has 2 aromatic rings. The molecule has 1 aromatic carbocycles. The number of hydrogen-bond donors (Lipinski definition) is 3. The first-order chi connectivity index (χ1) is 15.0. The lowest BCUT2D eigenvalue weighted by Crippen LogP contribution is -2.40. The second-order valence-corrected chi connectivity index (χ2v) is 9.74. The van der Waals surface area contributed by atoms with Gasteiger partial charge in [-0.1, -0.05) is 29.3 Å². The number of rotatable bonds is 3. The van der Waals surface area contributed by atoms with E-state index in [0.717, 1.165) is 30.6 Å². The minimum Gasteiger partial charge on any atom is -0.354 e. The van der Waals surface area contributed by atoms with Crippen molar-refractivity contribution >= 4 is 46.4 Å². The zero-order valence-electron chi connectivity index (χ0n) is 17.0. The van der Waals surface area contributed by atoms with Crippen LogP contribution in [0.3, 0.4) is 0 Å². The molecule has 3 aliphatic rings. The fraction of sp³-hybridized carbons (Fsp3) is 0.455. The first-order valence-corrected chi connectivity index (χ1v) is 12.1. The minimum absolute atomic E-state index is 0.0742. The summed E-state index contributed by atoms with van der Waals surface area (Å²) in [6, 6.07) is 6.89. The Morgan fingerprint density at radius 1 is 1.13 bits per heavy atom. The molecule has 0 spiro atoms. The molecule has 2 aliphatic heterocycles. The molecule has 0 saturated carbocycles. The second-order valence-electron chi connectivity index (χ2n) is 7.81. The fourth-order valence-electron chi connectivity index (χ4n) is 4.12. The van der Waals surface area contributed by atoms with Gasteiger partial charge in [0.25, 0.3) is 5.91 Å². The highest BCUT2D eigenvalue weighted by Crippen LogP contribution is 2.39. The first kappa shape index (κ1) is 22.6. The summed E-state index contributed by atoms with van der Waals surface area (Å²) in [5, 5.41) is 7.03. The standard InChI is InChI=1S/C16H21N3O3S.C6H4Cl2/c20-15-12(5-7-17-15)18-16(21)14-10-4-2-1-3-9(10)13(23-14)11-6-8-22-19-11;7-5-2-1-3-6(8)4-5/h11-12,19H,1-8H2,(H,17,20)(H,18,21);1-4H/t11?,12-;/m1./s1. The number of amides is 2. The van der Waals surface area contributed by atoms with Crippen LogP contribution >= 0.6 is 34.5 Å². The zero-order chi connectivity index (χ0) is 21.8. The molecule has 2 fully saturated rings. The Kier molecular flexibility index (Phi) is 7.51. The van der Waals surface area contributed by atoms with E-state index >= 15 is 0 Å². The van der Waals surface area contributed by atoms with Gasteiger partial charge in [0.05, 0.1) is 17.5 Å². The Morgan fingerprint density at radius 2 is 1.87 bits per heavy atom. The van der Waals surface area contributed by atoms with Gasteiger partial charge in [-0.3, -0.25) is 9.59 Å². The normalized spacial score (nSPS) is 22.3. The number of thiophene rings is 1. The van der Waals surface area contributed by atoms with Crippen molar-refractivity contribution in [3.63, 3.8) is 0 Å². The van der Waals surface area contributed by atoms with Crippen molar-refractivity contribution in [1.29, 1.82) is 0 Å². The van der Waals surface area contributed by atoms with Gasteiger partial charge >= 0.3 is 0 Å². The Labute approximate surface area is 195 Å². The fourth-order valence-corrected chi connectivity index (χ4v) is 5.93. The average molecular weight is 482 g/mol. The van der Waals surface area contributed by atoms with Crippen molar-refractivity contribution in [2.75, 3.05) is 13.2 Å². The SMILES string of the molecule is Clc1cccc(Cl)c1.O=C(N[C@@H]1CCNC1=O)c1sc(C2CCON2)c2c1CCCC2. The largest absolute Gasteiger partial charge is 0.354 e. The van der Waals surface area contributed by atoms with E-state index in [-0.39, 0.29) is 23.9 Å². The molecule has 1 unspecified atom stereocenters. The van der Waals surface area contributed by atoms with Gasteiger partial charge in [0.1, 0.15) is 6.04 Å². The summed E-state index contributed by atoms with van der Waals surface area (Å²) in [4.78, 5) is 31.7. The highest BCUT2D eigenvalue weighted by atomic mass is 35.5. The molecule has 9 heteroatoms. The number of hydroxylamine groups is 1. The molecule has 5 rings (SSSR count). The van der Waals surface area contributed by atoms with Gasteiger partial charge in [0.2, 0.25) is 5.91 Å². The Balaban J connectivity index is 0.000000245. The number of halogens is 2. The van der Waals surface area contributed by atoms with Crippen LogP contribution in [0, 0.1) is 0 Å². The summed E-state index contributed by atoms with van der Waals surface area (Å²) in [5.41, 5.74) is 5.60. The third-order valence-corrected chi connectivity index (χ3v) is 7.51. The summed E-state index contributed by atoms with van der Waals surface area (Å²) >= 11 is 12.7.